The molecule has 2 aliphatic rings. The molecule has 3 heterocycles. The Morgan fingerprint density at radius 1 is 1.07 bits per heavy atom. The van der Waals surface area contributed by atoms with E-state index in [1.807, 2.05) is 6.07 Å². The first kappa shape index (κ1) is 18.4. The fraction of sp³-hybridized carbons (Fsp3) is 0.364. The summed E-state index contributed by atoms with van der Waals surface area (Å²) in [6.45, 7) is 0.698. The third-order valence-corrected chi connectivity index (χ3v) is 7.08. The first-order chi connectivity index (χ1) is 13.4. The van der Waals surface area contributed by atoms with Gasteiger partial charge in [-0.1, -0.05) is 29.3 Å². The summed E-state index contributed by atoms with van der Waals surface area (Å²) in [6, 6.07) is 10.5. The van der Waals surface area contributed by atoms with Crippen LogP contribution in [-0.2, 0) is 12.1 Å². The molecule has 3 atom stereocenters. The second kappa shape index (κ2) is 6.74. The Morgan fingerprint density at radius 3 is 2.54 bits per heavy atom. The molecule has 1 N–H and O–H groups in total. The maximum Gasteiger partial charge on any atom is 0.134 e. The Bertz CT molecular complexity index is 1040. The topological polar surface area (TPSA) is 36.6 Å². The average Bonchev–Trinajstić information content (AvgIpc) is 3.16. The molecule has 0 spiro atoms. The van der Waals surface area contributed by atoms with E-state index in [-0.39, 0.29) is 17.9 Å². The monoisotopic (exact) mass is 419 g/mol. The smallest absolute Gasteiger partial charge is 0.134 e. The van der Waals surface area contributed by atoms with Crippen LogP contribution >= 0.6 is 23.2 Å². The van der Waals surface area contributed by atoms with E-state index in [0.717, 1.165) is 29.4 Å². The maximum atomic E-state index is 13.7. The minimum absolute atomic E-state index is 0.259. The fourth-order valence-electron chi connectivity index (χ4n) is 4.97. The zero-order valence-corrected chi connectivity index (χ0v) is 16.7. The van der Waals surface area contributed by atoms with E-state index in [0.29, 0.717) is 35.0 Å². The summed E-state index contributed by atoms with van der Waals surface area (Å²) in [4.78, 5) is 2.43. The van der Waals surface area contributed by atoms with E-state index in [1.54, 1.807) is 24.5 Å². The highest BCUT2D eigenvalue weighted by molar-refractivity contribution is 6.42. The van der Waals surface area contributed by atoms with Crippen LogP contribution < -0.4 is 0 Å². The lowest BCUT2D eigenvalue weighted by Crippen LogP contribution is -2.49. The minimum Gasteiger partial charge on any atom is -0.464 e. The zero-order valence-electron chi connectivity index (χ0n) is 15.2. The average molecular weight is 420 g/mol. The van der Waals surface area contributed by atoms with Crippen LogP contribution in [0.4, 0.5) is 4.39 Å². The van der Waals surface area contributed by atoms with Gasteiger partial charge in [0.25, 0.3) is 0 Å². The quantitative estimate of drug-likeness (QED) is 0.574. The molecule has 5 rings (SSSR count). The normalized spacial score (nSPS) is 27.6. The number of hydrogen-bond donors (Lipinski definition) is 1. The number of halogens is 3. The Hall–Kier alpha value is -1.59. The fourth-order valence-corrected chi connectivity index (χ4v) is 5.27. The molecule has 2 aliphatic heterocycles. The molecule has 2 fully saturated rings. The molecule has 146 valence electrons. The van der Waals surface area contributed by atoms with E-state index in [2.05, 4.69) is 4.90 Å². The number of fused-ring (bicyclic) bond motifs is 3. The van der Waals surface area contributed by atoms with Crippen LogP contribution in [-0.4, -0.2) is 22.1 Å². The van der Waals surface area contributed by atoms with Crippen LogP contribution in [0.25, 0.3) is 11.0 Å². The van der Waals surface area contributed by atoms with Crippen LogP contribution in [0.1, 0.15) is 36.8 Å². The van der Waals surface area contributed by atoms with Gasteiger partial charge < -0.3 is 9.52 Å². The maximum absolute atomic E-state index is 13.7. The molecule has 0 saturated carbocycles. The Morgan fingerprint density at radius 2 is 1.82 bits per heavy atom. The largest absolute Gasteiger partial charge is 0.464 e. The second-order valence-electron chi connectivity index (χ2n) is 8.03. The van der Waals surface area contributed by atoms with Gasteiger partial charge in [0.2, 0.25) is 0 Å². The van der Waals surface area contributed by atoms with Crippen molar-refractivity contribution in [1.82, 2.24) is 4.90 Å². The van der Waals surface area contributed by atoms with Crippen molar-refractivity contribution in [2.24, 2.45) is 0 Å². The van der Waals surface area contributed by atoms with Crippen molar-refractivity contribution in [3.8, 4) is 0 Å². The van der Waals surface area contributed by atoms with Gasteiger partial charge in [-0.15, -0.1) is 0 Å². The van der Waals surface area contributed by atoms with Crippen LogP contribution in [0, 0.1) is 5.82 Å². The molecule has 6 heteroatoms. The summed E-state index contributed by atoms with van der Waals surface area (Å²) in [7, 11) is 0. The third kappa shape index (κ3) is 3.03. The van der Waals surface area contributed by atoms with Gasteiger partial charge in [0.15, 0.2) is 0 Å². The van der Waals surface area contributed by atoms with Gasteiger partial charge in [-0.05, 0) is 61.6 Å². The SMILES string of the molecule is OC1(c2ccc(Cl)c(Cl)c2)C[C@H]2CC[C@@H](C1)N2Cc1coc2ccc(F)cc12. The summed E-state index contributed by atoms with van der Waals surface area (Å²) >= 11 is 12.2. The zero-order chi connectivity index (χ0) is 19.5. The molecule has 2 bridgehead atoms. The molecule has 1 aromatic heterocycles. The van der Waals surface area contributed by atoms with Crippen molar-refractivity contribution in [3.05, 3.63) is 69.7 Å². The lowest BCUT2D eigenvalue weighted by molar-refractivity contribution is -0.0594. The van der Waals surface area contributed by atoms with Gasteiger partial charge in [-0.2, -0.15) is 0 Å². The number of piperidine rings is 1. The highest BCUT2D eigenvalue weighted by Gasteiger charge is 2.48. The molecule has 0 radical (unpaired) electrons. The van der Waals surface area contributed by atoms with Gasteiger partial charge in [-0.3, -0.25) is 4.90 Å². The van der Waals surface area contributed by atoms with Crippen molar-refractivity contribution in [2.75, 3.05) is 0 Å². The van der Waals surface area contributed by atoms with E-state index in [4.69, 9.17) is 27.6 Å². The van der Waals surface area contributed by atoms with Crippen molar-refractivity contribution < 1.29 is 13.9 Å². The Labute approximate surface area is 172 Å². The van der Waals surface area contributed by atoms with Crippen LogP contribution in [0.3, 0.4) is 0 Å². The molecule has 0 aliphatic carbocycles. The molecular weight excluding hydrogens is 400 g/mol. The molecule has 1 unspecified atom stereocenters. The summed E-state index contributed by atoms with van der Waals surface area (Å²) in [5.41, 5.74) is 1.62. The molecule has 2 aromatic carbocycles. The Kier molecular flexibility index (Phi) is 4.44. The predicted molar refractivity (Wildman–Crippen MR) is 108 cm³/mol. The van der Waals surface area contributed by atoms with Gasteiger partial charge in [0.1, 0.15) is 11.4 Å². The van der Waals surface area contributed by atoms with E-state index in [1.165, 1.54) is 12.1 Å². The number of aliphatic hydroxyl groups is 1. The number of rotatable bonds is 3. The molecule has 3 aromatic rings. The molecular formula is C22H20Cl2FNO2. The highest BCUT2D eigenvalue weighted by atomic mass is 35.5. The van der Waals surface area contributed by atoms with Crippen molar-refractivity contribution in [3.63, 3.8) is 0 Å². The molecule has 0 amide bonds. The van der Waals surface area contributed by atoms with Crippen molar-refractivity contribution in [1.29, 1.82) is 0 Å². The molecule has 28 heavy (non-hydrogen) atoms. The lowest BCUT2D eigenvalue weighted by Gasteiger charge is -2.44. The van der Waals surface area contributed by atoms with Crippen molar-refractivity contribution in [2.45, 2.75) is 49.9 Å². The van der Waals surface area contributed by atoms with E-state index >= 15 is 0 Å². The first-order valence-electron chi connectivity index (χ1n) is 9.52. The second-order valence-corrected chi connectivity index (χ2v) is 8.84. The van der Waals surface area contributed by atoms with Crippen LogP contribution in [0.15, 0.2) is 47.1 Å². The first-order valence-corrected chi connectivity index (χ1v) is 10.3. The Balaban J connectivity index is 1.41. The van der Waals surface area contributed by atoms with E-state index in [9.17, 15) is 9.50 Å². The van der Waals surface area contributed by atoms with Gasteiger partial charge in [0.05, 0.1) is 21.9 Å². The van der Waals surface area contributed by atoms with Crippen LogP contribution in [0.5, 0.6) is 0 Å². The molecule has 3 nitrogen and oxygen atoms in total. The number of furan rings is 1. The third-order valence-electron chi connectivity index (χ3n) is 6.34. The summed E-state index contributed by atoms with van der Waals surface area (Å²) in [5, 5.41) is 13.2. The standard InChI is InChI=1S/C22H20Cl2FNO2/c23-19-5-1-14(7-20(19)24)22(27)9-16-3-4-17(10-22)26(16)11-13-12-28-21-6-2-15(25)8-18(13)21/h1-2,5-8,12,16-17,27H,3-4,9-11H2/t16-,17+,22?. The summed E-state index contributed by atoms with van der Waals surface area (Å²) in [5.74, 6) is -0.259. The minimum atomic E-state index is -0.902. The number of hydrogen-bond acceptors (Lipinski definition) is 3. The summed E-state index contributed by atoms with van der Waals surface area (Å²) < 4.78 is 19.3. The van der Waals surface area contributed by atoms with Crippen LogP contribution in [0.2, 0.25) is 10.0 Å². The summed E-state index contributed by atoms with van der Waals surface area (Å²) in [6.07, 6.45) is 5.09. The van der Waals surface area contributed by atoms with Crippen molar-refractivity contribution >= 4 is 34.2 Å². The van der Waals surface area contributed by atoms with Gasteiger partial charge >= 0.3 is 0 Å². The number of benzene rings is 2. The van der Waals surface area contributed by atoms with Gasteiger partial charge in [-0.25, -0.2) is 4.39 Å². The predicted octanol–water partition coefficient (Wildman–Crippen LogP) is 5.89. The number of nitrogens with zero attached hydrogens (tertiary/aromatic N) is 1. The van der Waals surface area contributed by atoms with E-state index < -0.39 is 5.60 Å². The molecule has 2 saturated heterocycles. The lowest BCUT2D eigenvalue weighted by atomic mass is 9.80. The highest BCUT2D eigenvalue weighted by Crippen LogP contribution is 2.47. The van der Waals surface area contributed by atoms with Gasteiger partial charge in [0, 0.05) is 29.6 Å².